The van der Waals surface area contributed by atoms with Gasteiger partial charge < -0.3 is 19.5 Å². The summed E-state index contributed by atoms with van der Waals surface area (Å²) in [5.41, 5.74) is 6.60. The van der Waals surface area contributed by atoms with Gasteiger partial charge in [-0.25, -0.2) is 4.79 Å². The van der Waals surface area contributed by atoms with E-state index >= 15 is 0 Å². The summed E-state index contributed by atoms with van der Waals surface area (Å²) in [7, 11) is 4.02. The summed E-state index contributed by atoms with van der Waals surface area (Å²) in [5, 5.41) is 11.6. The Labute approximate surface area is 236 Å². The molecule has 1 N–H and O–H groups in total. The standard InChI is InChI=1S/C32H40ClN3O3/c1-32(2,3)25-17-23(33)15-22-18-35(14-13-34(4)5)27(37)19-36-26-16-21(31(38)39)11-12-24(26)28(30(36)29(22)25)20-9-7-6-8-10-20/h11-12,15-17,20H,6-10,13-14,18-19H2,1-5H3,(H,38,39). The number of aromatic carboxylic acids is 1. The second-order valence-corrected chi connectivity index (χ2v) is 13.0. The molecule has 0 saturated heterocycles. The Balaban J connectivity index is 1.88. The number of rotatable bonds is 5. The third kappa shape index (κ3) is 5.33. The molecule has 1 saturated carbocycles. The van der Waals surface area contributed by atoms with Crippen molar-refractivity contribution in [2.45, 2.75) is 77.3 Å². The fourth-order valence-electron chi connectivity index (χ4n) is 6.46. The number of carbonyl (C=O) groups is 2. The van der Waals surface area contributed by atoms with Gasteiger partial charge in [0.1, 0.15) is 6.54 Å². The third-order valence-electron chi connectivity index (χ3n) is 8.42. The van der Waals surface area contributed by atoms with E-state index in [4.69, 9.17) is 11.6 Å². The maximum atomic E-state index is 13.9. The fraction of sp³-hybridized carbons (Fsp3) is 0.500. The fourth-order valence-corrected chi connectivity index (χ4v) is 6.70. The summed E-state index contributed by atoms with van der Waals surface area (Å²) in [6.07, 6.45) is 5.81. The Hall–Kier alpha value is -2.83. The maximum absolute atomic E-state index is 13.9. The van der Waals surface area contributed by atoms with Crippen molar-refractivity contribution < 1.29 is 14.7 Å². The van der Waals surface area contributed by atoms with Crippen LogP contribution >= 0.6 is 11.6 Å². The lowest BCUT2D eigenvalue weighted by molar-refractivity contribution is -0.132. The van der Waals surface area contributed by atoms with E-state index in [0.717, 1.165) is 52.7 Å². The number of hydrogen-bond acceptors (Lipinski definition) is 3. The van der Waals surface area contributed by atoms with Gasteiger partial charge in [0.15, 0.2) is 0 Å². The Morgan fingerprint density at radius 2 is 1.79 bits per heavy atom. The number of aromatic nitrogens is 1. The van der Waals surface area contributed by atoms with Crippen molar-refractivity contribution in [1.82, 2.24) is 14.4 Å². The van der Waals surface area contributed by atoms with Crippen molar-refractivity contribution in [2.24, 2.45) is 0 Å². The van der Waals surface area contributed by atoms with E-state index in [0.29, 0.717) is 24.0 Å². The van der Waals surface area contributed by atoms with Gasteiger partial charge in [0.05, 0.1) is 16.8 Å². The summed E-state index contributed by atoms with van der Waals surface area (Å²) < 4.78 is 2.12. The van der Waals surface area contributed by atoms with Gasteiger partial charge in [0.2, 0.25) is 5.91 Å². The molecule has 6 nitrogen and oxygen atoms in total. The van der Waals surface area contributed by atoms with E-state index in [1.165, 1.54) is 24.8 Å². The van der Waals surface area contributed by atoms with Crippen LogP contribution in [-0.4, -0.2) is 58.5 Å². The van der Waals surface area contributed by atoms with Crippen molar-refractivity contribution in [3.63, 3.8) is 0 Å². The molecular weight excluding hydrogens is 510 g/mol. The largest absolute Gasteiger partial charge is 0.478 e. The van der Waals surface area contributed by atoms with Crippen LogP contribution in [0, 0.1) is 0 Å². The lowest BCUT2D eigenvalue weighted by Gasteiger charge is -2.33. The molecular formula is C32H40ClN3O3. The molecule has 0 radical (unpaired) electrons. The second kappa shape index (κ2) is 10.6. The van der Waals surface area contributed by atoms with E-state index in [2.05, 4.69) is 36.3 Å². The Bertz CT molecular complexity index is 1430. The number of carbonyl (C=O) groups excluding carboxylic acids is 1. The minimum atomic E-state index is -0.959. The predicted molar refractivity (Wildman–Crippen MR) is 158 cm³/mol. The van der Waals surface area contributed by atoms with Crippen LogP contribution in [0.3, 0.4) is 0 Å². The quantitative estimate of drug-likeness (QED) is 0.375. The number of benzene rings is 2. The Morgan fingerprint density at radius 1 is 1.08 bits per heavy atom. The van der Waals surface area contributed by atoms with Crippen LogP contribution in [0.5, 0.6) is 0 Å². The molecule has 0 bridgehead atoms. The van der Waals surface area contributed by atoms with Crippen LogP contribution in [0.2, 0.25) is 5.02 Å². The van der Waals surface area contributed by atoms with Crippen LogP contribution < -0.4 is 0 Å². The summed E-state index contributed by atoms with van der Waals surface area (Å²) >= 11 is 6.76. The zero-order chi connectivity index (χ0) is 28.1. The molecule has 0 unspecified atom stereocenters. The van der Waals surface area contributed by atoms with Gasteiger partial charge in [0.25, 0.3) is 0 Å². The van der Waals surface area contributed by atoms with Gasteiger partial charge in [-0.15, -0.1) is 0 Å². The number of carboxylic acid groups (broad SMARTS) is 1. The van der Waals surface area contributed by atoms with Crippen molar-refractivity contribution in [2.75, 3.05) is 27.2 Å². The smallest absolute Gasteiger partial charge is 0.335 e. The normalized spacial score (nSPS) is 16.8. The number of amides is 1. The molecule has 208 valence electrons. The number of halogens is 1. The average molecular weight is 550 g/mol. The van der Waals surface area contributed by atoms with E-state index in [1.807, 2.05) is 31.1 Å². The first-order valence-corrected chi connectivity index (χ1v) is 14.5. The topological polar surface area (TPSA) is 65.8 Å². The first-order valence-electron chi connectivity index (χ1n) is 14.1. The van der Waals surface area contributed by atoms with Gasteiger partial charge in [0, 0.05) is 35.6 Å². The molecule has 0 spiro atoms. The Morgan fingerprint density at radius 3 is 2.44 bits per heavy atom. The van der Waals surface area contributed by atoms with Crippen LogP contribution in [0.4, 0.5) is 0 Å². The van der Waals surface area contributed by atoms with E-state index in [-0.39, 0.29) is 23.4 Å². The van der Waals surface area contributed by atoms with Crippen LogP contribution in [0.1, 0.15) is 85.8 Å². The summed E-state index contributed by atoms with van der Waals surface area (Å²) in [5.74, 6) is -0.559. The van der Waals surface area contributed by atoms with Crippen LogP contribution in [0.25, 0.3) is 22.2 Å². The molecule has 2 heterocycles. The molecule has 1 aliphatic heterocycles. The highest BCUT2D eigenvalue weighted by Crippen LogP contribution is 2.48. The molecule has 39 heavy (non-hydrogen) atoms. The maximum Gasteiger partial charge on any atom is 0.335 e. The summed E-state index contributed by atoms with van der Waals surface area (Å²) in [6.45, 7) is 8.67. The number of carboxylic acids is 1. The van der Waals surface area contributed by atoms with Gasteiger partial charge in [-0.2, -0.15) is 0 Å². The predicted octanol–water partition coefficient (Wildman–Crippen LogP) is 6.91. The van der Waals surface area contributed by atoms with Gasteiger partial charge in [-0.3, -0.25) is 4.79 Å². The number of likely N-dealkylation sites (N-methyl/N-ethyl adjacent to an activating group) is 1. The SMILES string of the molecule is CN(C)CCN1Cc2cc(Cl)cc(C(C)(C)C)c2-c2c(C3CCCCC3)c3ccc(C(=O)O)cc3n2CC1=O. The molecule has 1 aromatic heterocycles. The minimum Gasteiger partial charge on any atom is -0.478 e. The highest BCUT2D eigenvalue weighted by atomic mass is 35.5. The second-order valence-electron chi connectivity index (χ2n) is 12.6. The summed E-state index contributed by atoms with van der Waals surface area (Å²) in [4.78, 5) is 29.9. The summed E-state index contributed by atoms with van der Waals surface area (Å²) in [6, 6.07) is 9.57. The molecule has 3 aromatic rings. The first-order chi connectivity index (χ1) is 18.5. The van der Waals surface area contributed by atoms with E-state index in [1.54, 1.807) is 12.1 Å². The average Bonchev–Trinajstić information content (AvgIpc) is 3.17. The molecule has 1 fully saturated rings. The monoisotopic (exact) mass is 549 g/mol. The highest BCUT2D eigenvalue weighted by Gasteiger charge is 2.34. The molecule has 7 heteroatoms. The first kappa shape index (κ1) is 27.7. The van der Waals surface area contributed by atoms with E-state index < -0.39 is 5.97 Å². The zero-order valence-corrected chi connectivity index (χ0v) is 24.6. The molecule has 5 rings (SSSR count). The van der Waals surface area contributed by atoms with Crippen LogP contribution in [-0.2, 0) is 23.3 Å². The van der Waals surface area contributed by atoms with Gasteiger partial charge >= 0.3 is 5.97 Å². The van der Waals surface area contributed by atoms with Crippen molar-refractivity contribution in [3.8, 4) is 11.3 Å². The van der Waals surface area contributed by atoms with Crippen molar-refractivity contribution in [1.29, 1.82) is 0 Å². The van der Waals surface area contributed by atoms with E-state index in [9.17, 15) is 14.7 Å². The van der Waals surface area contributed by atoms with Crippen molar-refractivity contribution >= 4 is 34.4 Å². The number of nitrogens with zero attached hydrogens (tertiary/aromatic N) is 3. The number of fused-ring (bicyclic) bond motifs is 5. The van der Waals surface area contributed by atoms with Gasteiger partial charge in [-0.1, -0.05) is 57.7 Å². The molecule has 0 atom stereocenters. The van der Waals surface area contributed by atoms with Crippen molar-refractivity contribution in [3.05, 3.63) is 57.6 Å². The lowest BCUT2D eigenvalue weighted by Crippen LogP contribution is -2.39. The Kier molecular flexibility index (Phi) is 7.55. The minimum absolute atomic E-state index is 0.0360. The molecule has 1 aliphatic carbocycles. The number of hydrogen-bond donors (Lipinski definition) is 1. The lowest BCUT2D eigenvalue weighted by atomic mass is 9.77. The molecule has 2 aliphatic rings. The third-order valence-corrected chi connectivity index (χ3v) is 8.64. The highest BCUT2D eigenvalue weighted by molar-refractivity contribution is 6.31. The zero-order valence-electron chi connectivity index (χ0n) is 23.8. The molecule has 1 amide bonds. The van der Waals surface area contributed by atoms with Crippen LogP contribution in [0.15, 0.2) is 30.3 Å². The molecule has 2 aromatic carbocycles. The van der Waals surface area contributed by atoms with Gasteiger partial charge in [-0.05, 0) is 79.2 Å².